The summed E-state index contributed by atoms with van der Waals surface area (Å²) in [5.74, 6) is 0.369. The van der Waals surface area contributed by atoms with Crippen molar-refractivity contribution in [3.05, 3.63) is 76.9 Å². The molecule has 0 aromatic heterocycles. The van der Waals surface area contributed by atoms with Gasteiger partial charge in [0.2, 0.25) is 0 Å². The van der Waals surface area contributed by atoms with Crippen molar-refractivity contribution >= 4 is 10.0 Å². The fourth-order valence-corrected chi connectivity index (χ4v) is 4.18. The molecule has 0 bridgehead atoms. The molecule has 0 saturated carbocycles. The Morgan fingerprint density at radius 3 is 2.35 bits per heavy atom. The maximum atomic E-state index is 13.2. The Kier molecular flexibility index (Phi) is 5.32. The van der Waals surface area contributed by atoms with Crippen molar-refractivity contribution in [2.24, 2.45) is 0 Å². The average Bonchev–Trinajstić information content (AvgIpc) is 3.15. The van der Waals surface area contributed by atoms with Crippen molar-refractivity contribution in [2.45, 2.75) is 31.1 Å². The lowest BCUT2D eigenvalue weighted by Gasteiger charge is -2.24. The van der Waals surface area contributed by atoms with Crippen molar-refractivity contribution in [3.63, 3.8) is 0 Å². The zero-order valence-electron chi connectivity index (χ0n) is 14.9. The smallest absolute Gasteiger partial charge is 0.263 e. The van der Waals surface area contributed by atoms with Crippen LogP contribution in [-0.2, 0) is 21.2 Å². The van der Waals surface area contributed by atoms with Crippen LogP contribution >= 0.6 is 0 Å². The molecule has 1 aliphatic heterocycles. The minimum Gasteiger partial charge on any atom is -0.496 e. The van der Waals surface area contributed by atoms with Gasteiger partial charge in [-0.2, -0.15) is 0 Å². The Balaban J connectivity index is 1.97. The summed E-state index contributed by atoms with van der Waals surface area (Å²) < 4.78 is 46.3. The number of rotatable bonds is 5. The SMILES string of the molecule is Cc1ccc(S(=O)(=O)N(C)/C(Cc2ccc(F)cc2)=C2\CCCO2)cc1. The molecule has 1 heterocycles. The van der Waals surface area contributed by atoms with Crippen LogP contribution in [0.15, 0.2) is 64.9 Å². The number of aryl methyl sites for hydroxylation is 1. The van der Waals surface area contributed by atoms with Crippen LogP contribution in [0.25, 0.3) is 0 Å². The predicted octanol–water partition coefficient (Wildman–Crippen LogP) is 4.02. The lowest BCUT2D eigenvalue weighted by molar-refractivity contribution is 0.252. The Morgan fingerprint density at radius 2 is 1.77 bits per heavy atom. The van der Waals surface area contributed by atoms with Gasteiger partial charge in [0.05, 0.1) is 17.2 Å². The third-order valence-electron chi connectivity index (χ3n) is 4.49. The molecule has 26 heavy (non-hydrogen) atoms. The Labute approximate surface area is 154 Å². The number of hydrogen-bond acceptors (Lipinski definition) is 3. The van der Waals surface area contributed by atoms with Crippen LogP contribution in [0.1, 0.15) is 24.0 Å². The first kappa shape index (κ1) is 18.5. The summed E-state index contributed by atoms with van der Waals surface area (Å²) in [4.78, 5) is 0.237. The summed E-state index contributed by atoms with van der Waals surface area (Å²) in [5, 5.41) is 0. The first-order valence-corrected chi connectivity index (χ1v) is 9.97. The molecule has 0 amide bonds. The number of nitrogens with zero attached hydrogens (tertiary/aromatic N) is 1. The molecule has 6 heteroatoms. The molecule has 0 atom stereocenters. The van der Waals surface area contributed by atoms with Crippen LogP contribution in [0, 0.1) is 12.7 Å². The molecule has 4 nitrogen and oxygen atoms in total. The molecule has 2 aromatic carbocycles. The summed E-state index contributed by atoms with van der Waals surface area (Å²) >= 11 is 0. The molecule has 1 fully saturated rings. The minimum atomic E-state index is -3.70. The van der Waals surface area contributed by atoms with Crippen LogP contribution in [0.3, 0.4) is 0 Å². The molecule has 2 aromatic rings. The molecule has 0 radical (unpaired) electrons. The largest absolute Gasteiger partial charge is 0.496 e. The second-order valence-electron chi connectivity index (χ2n) is 6.41. The van der Waals surface area contributed by atoms with Crippen LogP contribution in [0.5, 0.6) is 0 Å². The van der Waals surface area contributed by atoms with Gasteiger partial charge >= 0.3 is 0 Å². The number of sulfonamides is 1. The van der Waals surface area contributed by atoms with Gasteiger partial charge in [-0.05, 0) is 43.2 Å². The highest BCUT2D eigenvalue weighted by atomic mass is 32.2. The van der Waals surface area contributed by atoms with E-state index in [0.717, 1.165) is 17.5 Å². The van der Waals surface area contributed by atoms with Crippen LogP contribution in [0.4, 0.5) is 4.39 Å². The van der Waals surface area contributed by atoms with E-state index in [1.807, 2.05) is 6.92 Å². The van der Waals surface area contributed by atoms with Crippen molar-refractivity contribution in [3.8, 4) is 0 Å². The highest BCUT2D eigenvalue weighted by molar-refractivity contribution is 7.89. The number of ether oxygens (including phenoxy) is 1. The monoisotopic (exact) mass is 375 g/mol. The van der Waals surface area contributed by atoms with Gasteiger partial charge < -0.3 is 4.74 Å². The third kappa shape index (κ3) is 3.90. The molecule has 0 aliphatic carbocycles. The lowest BCUT2D eigenvalue weighted by Crippen LogP contribution is -2.28. The second kappa shape index (κ2) is 7.50. The van der Waals surface area contributed by atoms with E-state index in [-0.39, 0.29) is 10.7 Å². The zero-order valence-corrected chi connectivity index (χ0v) is 15.7. The highest BCUT2D eigenvalue weighted by Gasteiger charge is 2.27. The van der Waals surface area contributed by atoms with Gasteiger partial charge in [-0.3, -0.25) is 4.31 Å². The van der Waals surface area contributed by atoms with Crippen LogP contribution < -0.4 is 0 Å². The summed E-state index contributed by atoms with van der Waals surface area (Å²) in [7, 11) is -2.15. The van der Waals surface area contributed by atoms with Crippen molar-refractivity contribution < 1.29 is 17.5 Å². The van der Waals surface area contributed by atoms with E-state index >= 15 is 0 Å². The van der Waals surface area contributed by atoms with Gasteiger partial charge in [0.15, 0.2) is 0 Å². The molecule has 0 spiro atoms. The minimum absolute atomic E-state index is 0.237. The number of allylic oxidation sites excluding steroid dienone is 2. The van der Waals surface area contributed by atoms with Gasteiger partial charge in [0.25, 0.3) is 10.0 Å². The van der Waals surface area contributed by atoms with Crippen molar-refractivity contribution in [1.82, 2.24) is 4.31 Å². The van der Waals surface area contributed by atoms with E-state index in [2.05, 4.69) is 0 Å². The Morgan fingerprint density at radius 1 is 1.12 bits per heavy atom. The molecular formula is C20H22FNO3S. The second-order valence-corrected chi connectivity index (χ2v) is 8.38. The molecule has 1 saturated heterocycles. The number of likely N-dealkylation sites (N-methyl/N-ethyl adjacent to an activating group) is 1. The predicted molar refractivity (Wildman–Crippen MR) is 98.4 cm³/mol. The van der Waals surface area contributed by atoms with Gasteiger partial charge in [-0.15, -0.1) is 0 Å². The standard InChI is InChI=1S/C20H22FNO3S/c1-15-5-11-18(12-6-15)26(23,24)22(2)19(20-4-3-13-25-20)14-16-7-9-17(21)10-8-16/h5-12H,3-4,13-14H2,1-2H3/b20-19+. The quantitative estimate of drug-likeness (QED) is 0.793. The Hall–Kier alpha value is -2.34. The summed E-state index contributed by atoms with van der Waals surface area (Å²) in [5.41, 5.74) is 2.42. The molecule has 0 unspecified atom stereocenters. The normalized spacial score (nSPS) is 16.3. The summed E-state index contributed by atoms with van der Waals surface area (Å²) in [6.07, 6.45) is 1.92. The van der Waals surface area contributed by atoms with E-state index in [1.165, 1.54) is 16.4 Å². The molecule has 138 valence electrons. The first-order valence-electron chi connectivity index (χ1n) is 8.53. The summed E-state index contributed by atoms with van der Waals surface area (Å²) in [6, 6.07) is 12.9. The van der Waals surface area contributed by atoms with E-state index < -0.39 is 10.0 Å². The highest BCUT2D eigenvalue weighted by Crippen LogP contribution is 2.28. The van der Waals surface area contributed by atoms with Gasteiger partial charge in [-0.25, -0.2) is 12.8 Å². The molecule has 1 aliphatic rings. The number of hydrogen-bond donors (Lipinski definition) is 0. The fourth-order valence-electron chi connectivity index (χ4n) is 2.92. The number of halogens is 1. The van der Waals surface area contributed by atoms with E-state index in [4.69, 9.17) is 4.74 Å². The van der Waals surface area contributed by atoms with Gasteiger partial charge in [0.1, 0.15) is 11.6 Å². The maximum Gasteiger partial charge on any atom is 0.263 e. The first-order chi connectivity index (χ1) is 12.4. The molecule has 3 rings (SSSR count). The van der Waals surface area contributed by atoms with Crippen molar-refractivity contribution in [2.75, 3.05) is 13.7 Å². The lowest BCUT2D eigenvalue weighted by atomic mass is 10.1. The topological polar surface area (TPSA) is 46.6 Å². The van der Waals surface area contributed by atoms with Gasteiger partial charge in [0, 0.05) is 19.9 Å². The molecular weight excluding hydrogens is 353 g/mol. The van der Waals surface area contributed by atoms with Crippen molar-refractivity contribution in [1.29, 1.82) is 0 Å². The number of benzene rings is 2. The van der Waals surface area contributed by atoms with Crippen LogP contribution in [-0.4, -0.2) is 26.4 Å². The zero-order chi connectivity index (χ0) is 18.7. The molecule has 0 N–H and O–H groups in total. The van der Waals surface area contributed by atoms with Gasteiger partial charge in [-0.1, -0.05) is 29.8 Å². The fraction of sp³-hybridized carbons (Fsp3) is 0.300. The van der Waals surface area contributed by atoms with E-state index in [1.54, 1.807) is 43.4 Å². The Bertz CT molecular complexity index is 895. The van der Waals surface area contributed by atoms with E-state index in [0.29, 0.717) is 30.9 Å². The van der Waals surface area contributed by atoms with Crippen LogP contribution in [0.2, 0.25) is 0 Å². The van der Waals surface area contributed by atoms with E-state index in [9.17, 15) is 12.8 Å². The average molecular weight is 375 g/mol. The summed E-state index contributed by atoms with van der Waals surface area (Å²) in [6.45, 7) is 2.50. The third-order valence-corrected chi connectivity index (χ3v) is 6.30. The maximum absolute atomic E-state index is 13.2.